The van der Waals surface area contributed by atoms with Crippen LogP contribution in [0.25, 0.3) is 11.3 Å². The van der Waals surface area contributed by atoms with Crippen LogP contribution in [0.2, 0.25) is 5.02 Å². The lowest BCUT2D eigenvalue weighted by Crippen LogP contribution is -2.14. The first-order valence-corrected chi connectivity index (χ1v) is 8.85. The molecule has 120 valence electrons. The minimum absolute atomic E-state index is 0.214. The van der Waals surface area contributed by atoms with Crippen LogP contribution < -0.4 is 5.32 Å². The molecule has 24 heavy (non-hydrogen) atoms. The van der Waals surface area contributed by atoms with Gasteiger partial charge in [0.15, 0.2) is 5.69 Å². The number of carbonyl (C=O) groups is 1. The molecule has 0 radical (unpaired) electrons. The molecular formula is C18H14ClN3OS. The fraction of sp³-hybridized carbons (Fsp3) is 0.111. The fourth-order valence-corrected chi connectivity index (χ4v) is 4.18. The van der Waals surface area contributed by atoms with Crippen molar-refractivity contribution in [2.75, 3.05) is 5.32 Å². The van der Waals surface area contributed by atoms with E-state index in [9.17, 15) is 4.79 Å². The number of hydrogen-bond donors (Lipinski definition) is 1. The predicted octanol–water partition coefficient (Wildman–Crippen LogP) is 4.60. The molecule has 2 aromatic carbocycles. The topological polar surface area (TPSA) is 46.9 Å². The molecule has 0 saturated heterocycles. The highest BCUT2D eigenvalue weighted by molar-refractivity contribution is 7.98. The zero-order valence-corrected chi connectivity index (χ0v) is 14.5. The third-order valence-electron chi connectivity index (χ3n) is 3.96. The number of nitrogens with one attached hydrogen (secondary N) is 1. The van der Waals surface area contributed by atoms with E-state index < -0.39 is 0 Å². The Morgan fingerprint density at radius 1 is 1.25 bits per heavy atom. The molecule has 6 heteroatoms. The molecule has 0 spiro atoms. The minimum Gasteiger partial charge on any atom is -0.321 e. The van der Waals surface area contributed by atoms with E-state index in [0.29, 0.717) is 16.4 Å². The van der Waals surface area contributed by atoms with Gasteiger partial charge in [-0.15, -0.1) is 11.8 Å². The Morgan fingerprint density at radius 2 is 2.08 bits per heavy atom. The number of amides is 1. The maximum absolute atomic E-state index is 12.7. The monoisotopic (exact) mass is 355 g/mol. The SMILES string of the molecule is Cn1nc(C(=O)Nc2cccc(Cl)c2)c2c1-c1ccccc1SC2. The Labute approximate surface area is 148 Å². The first kappa shape index (κ1) is 15.3. The van der Waals surface area contributed by atoms with Crippen LogP contribution in [0, 0.1) is 0 Å². The summed E-state index contributed by atoms with van der Waals surface area (Å²) in [5, 5.41) is 7.93. The van der Waals surface area contributed by atoms with Crippen molar-refractivity contribution >= 4 is 35.0 Å². The van der Waals surface area contributed by atoms with Gasteiger partial charge < -0.3 is 5.32 Å². The lowest BCUT2D eigenvalue weighted by atomic mass is 10.1. The minimum atomic E-state index is -0.214. The average molecular weight is 356 g/mol. The van der Waals surface area contributed by atoms with Crippen molar-refractivity contribution in [3.05, 3.63) is 64.8 Å². The molecule has 4 nitrogen and oxygen atoms in total. The van der Waals surface area contributed by atoms with Crippen LogP contribution in [-0.4, -0.2) is 15.7 Å². The maximum Gasteiger partial charge on any atom is 0.276 e. The molecule has 1 amide bonds. The van der Waals surface area contributed by atoms with Gasteiger partial charge in [-0.05, 0) is 24.3 Å². The van der Waals surface area contributed by atoms with E-state index in [0.717, 1.165) is 22.6 Å². The van der Waals surface area contributed by atoms with E-state index in [1.54, 1.807) is 34.6 Å². The van der Waals surface area contributed by atoms with Crippen molar-refractivity contribution in [3.8, 4) is 11.3 Å². The number of anilines is 1. The highest BCUT2D eigenvalue weighted by atomic mass is 35.5. The van der Waals surface area contributed by atoms with Gasteiger partial charge in [0.1, 0.15) is 0 Å². The van der Waals surface area contributed by atoms with E-state index in [-0.39, 0.29) is 5.91 Å². The highest BCUT2D eigenvalue weighted by Gasteiger charge is 2.27. The fourth-order valence-electron chi connectivity index (χ4n) is 2.92. The molecule has 1 aliphatic heterocycles. The van der Waals surface area contributed by atoms with Crippen LogP contribution in [-0.2, 0) is 12.8 Å². The van der Waals surface area contributed by atoms with Gasteiger partial charge in [-0.3, -0.25) is 9.48 Å². The van der Waals surface area contributed by atoms with Gasteiger partial charge in [0, 0.05) is 39.5 Å². The summed E-state index contributed by atoms with van der Waals surface area (Å²) < 4.78 is 1.79. The van der Waals surface area contributed by atoms with E-state index in [4.69, 9.17) is 11.6 Å². The zero-order chi connectivity index (χ0) is 16.7. The smallest absolute Gasteiger partial charge is 0.276 e. The Bertz CT molecular complexity index is 951. The Hall–Kier alpha value is -2.24. The third-order valence-corrected chi connectivity index (χ3v) is 5.29. The summed E-state index contributed by atoms with van der Waals surface area (Å²) in [4.78, 5) is 13.9. The number of benzene rings is 2. The number of aromatic nitrogens is 2. The van der Waals surface area contributed by atoms with Gasteiger partial charge in [-0.1, -0.05) is 35.9 Å². The number of nitrogens with zero attached hydrogens (tertiary/aromatic N) is 2. The lowest BCUT2D eigenvalue weighted by molar-refractivity contribution is 0.102. The molecule has 0 bridgehead atoms. The number of rotatable bonds is 2. The van der Waals surface area contributed by atoms with Crippen LogP contribution in [0.15, 0.2) is 53.4 Å². The Kier molecular flexibility index (Phi) is 3.82. The Morgan fingerprint density at radius 3 is 2.92 bits per heavy atom. The number of carbonyl (C=O) groups excluding carboxylic acids is 1. The number of halogens is 1. The molecule has 3 aromatic rings. The second-order valence-electron chi connectivity index (χ2n) is 5.55. The van der Waals surface area contributed by atoms with Crippen LogP contribution in [0.4, 0.5) is 5.69 Å². The van der Waals surface area contributed by atoms with Gasteiger partial charge in [-0.25, -0.2) is 0 Å². The summed E-state index contributed by atoms with van der Waals surface area (Å²) in [5.74, 6) is 0.521. The normalized spacial score (nSPS) is 12.4. The first-order valence-electron chi connectivity index (χ1n) is 7.48. The molecule has 0 saturated carbocycles. The zero-order valence-electron chi connectivity index (χ0n) is 12.9. The van der Waals surface area contributed by atoms with Crippen LogP contribution >= 0.6 is 23.4 Å². The van der Waals surface area contributed by atoms with Crippen LogP contribution in [0.5, 0.6) is 0 Å². The third kappa shape index (κ3) is 2.60. The summed E-state index contributed by atoms with van der Waals surface area (Å²) >= 11 is 7.71. The summed E-state index contributed by atoms with van der Waals surface area (Å²) in [6.45, 7) is 0. The maximum atomic E-state index is 12.7. The van der Waals surface area contributed by atoms with E-state index >= 15 is 0 Å². The number of aryl methyl sites for hydroxylation is 1. The van der Waals surface area contributed by atoms with Gasteiger partial charge >= 0.3 is 0 Å². The first-order chi connectivity index (χ1) is 11.6. The summed E-state index contributed by atoms with van der Waals surface area (Å²) in [6, 6.07) is 15.3. The lowest BCUT2D eigenvalue weighted by Gasteiger charge is -2.16. The van der Waals surface area contributed by atoms with Crippen molar-refractivity contribution in [3.63, 3.8) is 0 Å². The van der Waals surface area contributed by atoms with Crippen molar-refractivity contribution < 1.29 is 4.79 Å². The number of hydrogen-bond acceptors (Lipinski definition) is 3. The molecule has 2 heterocycles. The van der Waals surface area contributed by atoms with Gasteiger partial charge in [0.25, 0.3) is 5.91 Å². The van der Waals surface area contributed by atoms with E-state index in [1.165, 1.54) is 4.90 Å². The molecule has 0 fully saturated rings. The molecular weight excluding hydrogens is 342 g/mol. The summed E-state index contributed by atoms with van der Waals surface area (Å²) in [7, 11) is 1.88. The highest BCUT2D eigenvalue weighted by Crippen LogP contribution is 2.42. The van der Waals surface area contributed by atoms with Gasteiger partial charge in [0.2, 0.25) is 0 Å². The second-order valence-corrected chi connectivity index (χ2v) is 7.00. The van der Waals surface area contributed by atoms with Crippen LogP contribution in [0.3, 0.4) is 0 Å². The van der Waals surface area contributed by atoms with Gasteiger partial charge in [-0.2, -0.15) is 5.10 Å². The van der Waals surface area contributed by atoms with Crippen molar-refractivity contribution in [2.45, 2.75) is 10.6 Å². The molecule has 0 unspecified atom stereocenters. The summed E-state index contributed by atoms with van der Waals surface area (Å²) in [5.41, 5.74) is 4.24. The van der Waals surface area contributed by atoms with Crippen molar-refractivity contribution in [1.82, 2.24) is 9.78 Å². The second kappa shape index (κ2) is 6.00. The van der Waals surface area contributed by atoms with Crippen LogP contribution in [0.1, 0.15) is 16.1 Å². The molecule has 0 aliphatic carbocycles. The number of fused-ring (bicyclic) bond motifs is 3. The predicted molar refractivity (Wildman–Crippen MR) is 97.6 cm³/mol. The van der Waals surface area contributed by atoms with Crippen molar-refractivity contribution in [2.24, 2.45) is 7.05 Å². The molecule has 1 aromatic heterocycles. The Balaban J connectivity index is 1.72. The van der Waals surface area contributed by atoms with Gasteiger partial charge in [0.05, 0.1) is 5.69 Å². The van der Waals surface area contributed by atoms with E-state index in [2.05, 4.69) is 22.5 Å². The standard InChI is InChI=1S/C18H14ClN3OS/c1-22-17-13-7-2-3-8-15(13)24-10-14(17)16(21-22)18(23)20-12-6-4-5-11(19)9-12/h2-9H,10H2,1H3,(H,20,23). The van der Waals surface area contributed by atoms with E-state index in [1.807, 2.05) is 25.2 Å². The average Bonchev–Trinajstić information content (AvgIpc) is 2.92. The molecule has 4 rings (SSSR count). The van der Waals surface area contributed by atoms with Crippen molar-refractivity contribution in [1.29, 1.82) is 0 Å². The number of thioether (sulfide) groups is 1. The molecule has 0 atom stereocenters. The largest absolute Gasteiger partial charge is 0.321 e. The quantitative estimate of drug-likeness (QED) is 0.730. The molecule has 1 aliphatic rings. The molecule has 1 N–H and O–H groups in total. The summed E-state index contributed by atoms with van der Waals surface area (Å²) in [6.07, 6.45) is 0.